The van der Waals surface area contributed by atoms with E-state index in [1.165, 1.54) is 49.9 Å². The van der Waals surface area contributed by atoms with Crippen LogP contribution >= 0.6 is 0 Å². The van der Waals surface area contributed by atoms with E-state index < -0.39 is 0 Å². The molecular formula is C18H24N2. The molecule has 0 atom stereocenters. The maximum atomic E-state index is 4.35. The van der Waals surface area contributed by atoms with Crippen LogP contribution in [0.15, 0.2) is 48.8 Å². The summed E-state index contributed by atoms with van der Waals surface area (Å²) in [5.41, 5.74) is 2.45. The number of nitrogens with zero attached hydrogens (tertiary/aromatic N) is 2. The first-order chi connectivity index (χ1) is 9.95. The maximum absolute atomic E-state index is 4.35. The van der Waals surface area contributed by atoms with Gasteiger partial charge < -0.3 is 0 Å². The summed E-state index contributed by atoms with van der Waals surface area (Å²) in [6, 6.07) is 12.3. The molecule has 0 spiro atoms. The Morgan fingerprint density at radius 3 is 1.40 bits per heavy atom. The van der Waals surface area contributed by atoms with E-state index in [4.69, 9.17) is 0 Å². The van der Waals surface area contributed by atoms with Crippen molar-refractivity contribution in [2.45, 2.75) is 51.4 Å². The predicted octanol–water partition coefficient (Wildman–Crippen LogP) is 4.60. The lowest BCUT2D eigenvalue weighted by molar-refractivity contribution is 0.589. The van der Waals surface area contributed by atoms with E-state index in [1.807, 2.05) is 24.5 Å². The zero-order chi connectivity index (χ0) is 13.9. The largest absolute Gasteiger partial charge is 0.261 e. The van der Waals surface area contributed by atoms with Crippen molar-refractivity contribution in [2.75, 3.05) is 0 Å². The highest BCUT2D eigenvalue weighted by molar-refractivity contribution is 5.03. The minimum absolute atomic E-state index is 1.12. The molecular weight excluding hydrogens is 244 g/mol. The highest BCUT2D eigenvalue weighted by Gasteiger charge is 1.96. The fourth-order valence-corrected chi connectivity index (χ4v) is 2.41. The van der Waals surface area contributed by atoms with Gasteiger partial charge in [-0.05, 0) is 49.9 Å². The first-order valence-corrected chi connectivity index (χ1v) is 7.75. The Bertz CT molecular complexity index is 408. The van der Waals surface area contributed by atoms with Gasteiger partial charge in [-0.15, -0.1) is 0 Å². The zero-order valence-electron chi connectivity index (χ0n) is 12.2. The standard InChI is InChI=1S/C18H24N2/c1(3-5-11-17-13-7-9-15-19-17)2-4-6-12-18-14-8-10-16-20-18/h7-10,13-16H,1-6,11-12H2. The van der Waals surface area contributed by atoms with Crippen molar-refractivity contribution in [1.29, 1.82) is 0 Å². The molecule has 20 heavy (non-hydrogen) atoms. The van der Waals surface area contributed by atoms with Gasteiger partial charge in [0, 0.05) is 23.8 Å². The summed E-state index contributed by atoms with van der Waals surface area (Å²) >= 11 is 0. The highest BCUT2D eigenvalue weighted by atomic mass is 14.7. The van der Waals surface area contributed by atoms with Crippen LogP contribution in [-0.2, 0) is 12.8 Å². The van der Waals surface area contributed by atoms with E-state index in [2.05, 4.69) is 34.2 Å². The van der Waals surface area contributed by atoms with Gasteiger partial charge in [0.2, 0.25) is 0 Å². The molecule has 0 saturated heterocycles. The first kappa shape index (κ1) is 14.7. The third kappa shape index (κ3) is 5.96. The van der Waals surface area contributed by atoms with Gasteiger partial charge in [-0.25, -0.2) is 0 Å². The summed E-state index contributed by atoms with van der Waals surface area (Å²) in [6.45, 7) is 0. The molecule has 2 heteroatoms. The molecule has 0 amide bonds. The Balaban J connectivity index is 1.44. The molecule has 106 valence electrons. The van der Waals surface area contributed by atoms with E-state index in [1.54, 1.807) is 0 Å². The van der Waals surface area contributed by atoms with Crippen molar-refractivity contribution < 1.29 is 0 Å². The molecule has 2 heterocycles. The molecule has 2 rings (SSSR count). The number of pyridine rings is 2. The predicted molar refractivity (Wildman–Crippen MR) is 83.6 cm³/mol. The van der Waals surface area contributed by atoms with Gasteiger partial charge in [0.05, 0.1) is 0 Å². The molecule has 0 bridgehead atoms. The van der Waals surface area contributed by atoms with E-state index in [0.717, 1.165) is 12.8 Å². The number of hydrogen-bond donors (Lipinski definition) is 0. The van der Waals surface area contributed by atoms with Crippen LogP contribution in [0.25, 0.3) is 0 Å². The van der Waals surface area contributed by atoms with Crippen LogP contribution in [-0.4, -0.2) is 9.97 Å². The number of hydrogen-bond acceptors (Lipinski definition) is 2. The molecule has 2 aromatic rings. The molecule has 0 aliphatic heterocycles. The lowest BCUT2D eigenvalue weighted by atomic mass is 10.1. The molecule has 0 unspecified atom stereocenters. The minimum Gasteiger partial charge on any atom is -0.261 e. The second kappa shape index (κ2) is 9.24. The van der Waals surface area contributed by atoms with Crippen molar-refractivity contribution in [1.82, 2.24) is 9.97 Å². The normalized spacial score (nSPS) is 10.6. The maximum Gasteiger partial charge on any atom is 0.0403 e. The van der Waals surface area contributed by atoms with E-state index in [9.17, 15) is 0 Å². The van der Waals surface area contributed by atoms with Crippen molar-refractivity contribution in [3.63, 3.8) is 0 Å². The Hall–Kier alpha value is -1.70. The molecule has 0 fully saturated rings. The molecule has 0 aliphatic carbocycles. The van der Waals surface area contributed by atoms with Gasteiger partial charge >= 0.3 is 0 Å². The summed E-state index contributed by atoms with van der Waals surface area (Å²) in [5.74, 6) is 0. The second-order valence-corrected chi connectivity index (χ2v) is 5.26. The summed E-state index contributed by atoms with van der Waals surface area (Å²) in [5, 5.41) is 0. The lowest BCUT2D eigenvalue weighted by Crippen LogP contribution is -1.90. The molecule has 2 aromatic heterocycles. The monoisotopic (exact) mass is 268 g/mol. The van der Waals surface area contributed by atoms with Gasteiger partial charge in [-0.2, -0.15) is 0 Å². The number of aromatic nitrogens is 2. The summed E-state index contributed by atoms with van der Waals surface area (Å²) in [7, 11) is 0. The van der Waals surface area contributed by atoms with Gasteiger partial charge in [0.25, 0.3) is 0 Å². The van der Waals surface area contributed by atoms with Crippen LogP contribution in [0.5, 0.6) is 0 Å². The third-order valence-corrected chi connectivity index (χ3v) is 3.57. The molecule has 0 aromatic carbocycles. The molecule has 0 saturated carbocycles. The Morgan fingerprint density at radius 2 is 1.00 bits per heavy atom. The third-order valence-electron chi connectivity index (χ3n) is 3.57. The van der Waals surface area contributed by atoms with Crippen LogP contribution in [0.3, 0.4) is 0 Å². The average molecular weight is 268 g/mol. The highest BCUT2D eigenvalue weighted by Crippen LogP contribution is 2.10. The lowest BCUT2D eigenvalue weighted by Gasteiger charge is -2.02. The Labute approximate surface area is 122 Å². The molecule has 0 N–H and O–H groups in total. The molecule has 0 aliphatic rings. The Kier molecular flexibility index (Phi) is 6.80. The van der Waals surface area contributed by atoms with Crippen molar-refractivity contribution in [3.05, 3.63) is 60.2 Å². The average Bonchev–Trinajstić information content (AvgIpc) is 2.52. The molecule has 2 nitrogen and oxygen atoms in total. The zero-order valence-corrected chi connectivity index (χ0v) is 12.2. The fraction of sp³-hybridized carbons (Fsp3) is 0.444. The SMILES string of the molecule is c1ccc(CCCCCCCCc2ccccn2)nc1. The van der Waals surface area contributed by atoms with Crippen LogP contribution in [0.4, 0.5) is 0 Å². The van der Waals surface area contributed by atoms with Gasteiger partial charge in [0.15, 0.2) is 0 Å². The van der Waals surface area contributed by atoms with E-state index >= 15 is 0 Å². The Morgan fingerprint density at radius 1 is 0.550 bits per heavy atom. The number of aryl methyl sites for hydroxylation is 2. The second-order valence-electron chi connectivity index (χ2n) is 5.26. The van der Waals surface area contributed by atoms with Crippen molar-refractivity contribution in [3.8, 4) is 0 Å². The summed E-state index contributed by atoms with van der Waals surface area (Å²) < 4.78 is 0. The minimum atomic E-state index is 1.12. The van der Waals surface area contributed by atoms with Gasteiger partial charge in [0.1, 0.15) is 0 Å². The van der Waals surface area contributed by atoms with Gasteiger partial charge in [-0.3, -0.25) is 9.97 Å². The summed E-state index contributed by atoms with van der Waals surface area (Å²) in [4.78, 5) is 8.71. The topological polar surface area (TPSA) is 25.8 Å². The van der Waals surface area contributed by atoms with Crippen LogP contribution < -0.4 is 0 Å². The van der Waals surface area contributed by atoms with Crippen LogP contribution in [0.1, 0.15) is 49.9 Å². The van der Waals surface area contributed by atoms with E-state index in [0.29, 0.717) is 0 Å². The van der Waals surface area contributed by atoms with Crippen molar-refractivity contribution >= 4 is 0 Å². The van der Waals surface area contributed by atoms with E-state index in [-0.39, 0.29) is 0 Å². The van der Waals surface area contributed by atoms with Crippen LogP contribution in [0.2, 0.25) is 0 Å². The van der Waals surface area contributed by atoms with Crippen molar-refractivity contribution in [2.24, 2.45) is 0 Å². The number of unbranched alkanes of at least 4 members (excludes halogenated alkanes) is 5. The fourth-order valence-electron chi connectivity index (χ4n) is 2.41. The first-order valence-electron chi connectivity index (χ1n) is 7.75. The quantitative estimate of drug-likeness (QED) is 0.621. The smallest absolute Gasteiger partial charge is 0.0403 e. The van der Waals surface area contributed by atoms with Crippen LogP contribution in [0, 0.1) is 0 Å². The summed E-state index contributed by atoms with van der Waals surface area (Å²) in [6.07, 6.45) is 13.8. The van der Waals surface area contributed by atoms with Gasteiger partial charge in [-0.1, -0.05) is 37.8 Å². The number of rotatable bonds is 9. The molecule has 0 radical (unpaired) electrons.